The van der Waals surface area contributed by atoms with Crippen LogP contribution in [0.4, 0.5) is 5.82 Å². The van der Waals surface area contributed by atoms with Gasteiger partial charge >= 0.3 is 5.97 Å². The van der Waals surface area contributed by atoms with Gasteiger partial charge in [-0.15, -0.1) is 0 Å². The molecule has 2 rings (SSSR count). The molecule has 2 aromatic rings. The minimum absolute atomic E-state index is 0.294. The molecule has 0 fully saturated rings. The first-order chi connectivity index (χ1) is 9.06. The topological polar surface area (TPSA) is 75.1 Å². The van der Waals surface area contributed by atoms with Crippen molar-refractivity contribution in [3.63, 3.8) is 0 Å². The zero-order valence-electron chi connectivity index (χ0n) is 11.0. The Hall–Kier alpha value is -2.17. The van der Waals surface area contributed by atoms with Crippen LogP contribution in [0, 0.1) is 5.92 Å². The summed E-state index contributed by atoms with van der Waals surface area (Å²) >= 11 is 0. The second kappa shape index (κ2) is 5.65. The van der Waals surface area contributed by atoms with Crippen molar-refractivity contribution >= 4 is 22.8 Å². The van der Waals surface area contributed by atoms with Crippen LogP contribution in [0.25, 0.3) is 11.0 Å². The molecule has 0 amide bonds. The van der Waals surface area contributed by atoms with E-state index in [1.807, 2.05) is 38.1 Å². The summed E-state index contributed by atoms with van der Waals surface area (Å²) < 4.78 is 0. The van der Waals surface area contributed by atoms with Gasteiger partial charge in [0.05, 0.1) is 17.2 Å². The quantitative estimate of drug-likeness (QED) is 0.863. The van der Waals surface area contributed by atoms with E-state index in [1.54, 1.807) is 6.20 Å². The maximum absolute atomic E-state index is 11.2. The Balaban J connectivity index is 2.21. The number of anilines is 1. The summed E-state index contributed by atoms with van der Waals surface area (Å²) in [5, 5.41) is 12.1. The van der Waals surface area contributed by atoms with Crippen LogP contribution in [-0.4, -0.2) is 27.1 Å². The van der Waals surface area contributed by atoms with Crippen molar-refractivity contribution in [3.05, 3.63) is 30.5 Å². The number of aliphatic carboxylic acids is 1. The molecule has 1 heterocycles. The van der Waals surface area contributed by atoms with Gasteiger partial charge in [-0.05, 0) is 24.5 Å². The Bertz CT molecular complexity index is 584. The third kappa shape index (κ3) is 3.40. The smallest absolute Gasteiger partial charge is 0.326 e. The molecule has 0 radical (unpaired) electrons. The van der Waals surface area contributed by atoms with Gasteiger partial charge in [0.2, 0.25) is 0 Å². The van der Waals surface area contributed by atoms with E-state index in [4.69, 9.17) is 0 Å². The second-order valence-corrected chi connectivity index (χ2v) is 4.91. The number of nitrogens with one attached hydrogen (secondary N) is 1. The number of carbonyl (C=O) groups is 1. The van der Waals surface area contributed by atoms with Crippen LogP contribution in [0.5, 0.6) is 0 Å². The number of fused-ring (bicyclic) bond motifs is 1. The summed E-state index contributed by atoms with van der Waals surface area (Å²) in [7, 11) is 0. The molecule has 0 saturated carbocycles. The number of rotatable bonds is 5. The Labute approximate surface area is 111 Å². The lowest BCUT2D eigenvalue weighted by molar-refractivity contribution is -0.138. The highest BCUT2D eigenvalue weighted by atomic mass is 16.4. The van der Waals surface area contributed by atoms with Crippen molar-refractivity contribution in [2.24, 2.45) is 5.92 Å². The number of hydrogen-bond acceptors (Lipinski definition) is 4. The maximum atomic E-state index is 11.2. The largest absolute Gasteiger partial charge is 0.480 e. The van der Waals surface area contributed by atoms with Gasteiger partial charge in [0.25, 0.3) is 0 Å². The van der Waals surface area contributed by atoms with Crippen molar-refractivity contribution < 1.29 is 9.90 Å². The number of para-hydroxylation sites is 2. The Morgan fingerprint density at radius 3 is 2.63 bits per heavy atom. The zero-order valence-corrected chi connectivity index (χ0v) is 11.0. The summed E-state index contributed by atoms with van der Waals surface area (Å²) in [6.45, 7) is 3.98. The molecule has 1 aromatic heterocycles. The molecule has 0 aliphatic heterocycles. The van der Waals surface area contributed by atoms with Crippen LogP contribution < -0.4 is 5.32 Å². The van der Waals surface area contributed by atoms with E-state index in [9.17, 15) is 9.90 Å². The molecule has 0 aliphatic rings. The van der Waals surface area contributed by atoms with Gasteiger partial charge in [-0.3, -0.25) is 4.98 Å². The number of carboxylic acids is 1. The molecule has 100 valence electrons. The van der Waals surface area contributed by atoms with Gasteiger partial charge in [-0.1, -0.05) is 26.0 Å². The molecule has 0 aliphatic carbocycles. The van der Waals surface area contributed by atoms with Crippen molar-refractivity contribution in [2.75, 3.05) is 5.32 Å². The van der Waals surface area contributed by atoms with Crippen LogP contribution in [0.2, 0.25) is 0 Å². The first-order valence-electron chi connectivity index (χ1n) is 6.27. The highest BCUT2D eigenvalue weighted by Crippen LogP contribution is 2.14. The summed E-state index contributed by atoms with van der Waals surface area (Å²) in [5.74, 6) is -0.0857. The minimum Gasteiger partial charge on any atom is -0.480 e. The third-order valence-electron chi connectivity index (χ3n) is 2.78. The average Bonchev–Trinajstić information content (AvgIpc) is 2.37. The van der Waals surface area contributed by atoms with Crippen molar-refractivity contribution in [1.82, 2.24) is 9.97 Å². The number of carboxylic acid groups (broad SMARTS) is 1. The minimum atomic E-state index is -0.872. The molecule has 19 heavy (non-hydrogen) atoms. The molecule has 5 heteroatoms. The first kappa shape index (κ1) is 13.3. The lowest BCUT2D eigenvalue weighted by atomic mass is 10.0. The average molecular weight is 259 g/mol. The van der Waals surface area contributed by atoms with Gasteiger partial charge in [0, 0.05) is 0 Å². The van der Waals surface area contributed by atoms with E-state index in [0.29, 0.717) is 18.2 Å². The molecular weight excluding hydrogens is 242 g/mol. The van der Waals surface area contributed by atoms with Crippen molar-refractivity contribution in [2.45, 2.75) is 26.3 Å². The summed E-state index contributed by atoms with van der Waals surface area (Å²) in [4.78, 5) is 19.8. The third-order valence-corrected chi connectivity index (χ3v) is 2.78. The number of benzene rings is 1. The fourth-order valence-corrected chi connectivity index (χ4v) is 1.90. The van der Waals surface area contributed by atoms with E-state index in [-0.39, 0.29) is 0 Å². The normalized spacial score (nSPS) is 12.6. The highest BCUT2D eigenvalue weighted by Gasteiger charge is 2.19. The van der Waals surface area contributed by atoms with E-state index < -0.39 is 12.0 Å². The van der Waals surface area contributed by atoms with E-state index in [1.165, 1.54) is 0 Å². The molecule has 1 aromatic carbocycles. The van der Waals surface area contributed by atoms with Crippen molar-refractivity contribution in [1.29, 1.82) is 0 Å². The molecular formula is C14H17N3O2. The van der Waals surface area contributed by atoms with E-state index in [2.05, 4.69) is 15.3 Å². The van der Waals surface area contributed by atoms with Gasteiger partial charge in [0.1, 0.15) is 11.9 Å². The molecule has 0 saturated heterocycles. The highest BCUT2D eigenvalue weighted by molar-refractivity contribution is 5.78. The first-order valence-corrected chi connectivity index (χ1v) is 6.27. The molecule has 0 unspecified atom stereocenters. The predicted molar refractivity (Wildman–Crippen MR) is 74.0 cm³/mol. The molecule has 5 nitrogen and oxygen atoms in total. The van der Waals surface area contributed by atoms with E-state index in [0.717, 1.165) is 11.0 Å². The van der Waals surface area contributed by atoms with E-state index >= 15 is 0 Å². The molecule has 0 spiro atoms. The van der Waals surface area contributed by atoms with Gasteiger partial charge in [-0.2, -0.15) is 0 Å². The summed E-state index contributed by atoms with van der Waals surface area (Å²) in [5.41, 5.74) is 1.55. The SMILES string of the molecule is CC(C)C[C@H](Nc1cnc2ccccc2n1)C(=O)O. The number of nitrogens with zero attached hydrogens (tertiary/aromatic N) is 2. The second-order valence-electron chi connectivity index (χ2n) is 4.91. The standard InChI is InChI=1S/C14H17N3O2/c1-9(2)7-12(14(18)19)17-13-8-15-10-5-3-4-6-11(10)16-13/h3-6,8-9,12H,7H2,1-2H3,(H,16,17)(H,18,19)/t12-/m0/s1. The number of hydrogen-bond donors (Lipinski definition) is 2. The summed E-state index contributed by atoms with van der Waals surface area (Å²) in [6, 6.07) is 6.85. The zero-order chi connectivity index (χ0) is 13.8. The fourth-order valence-electron chi connectivity index (χ4n) is 1.90. The predicted octanol–water partition coefficient (Wildman–Crippen LogP) is 2.54. The summed E-state index contributed by atoms with van der Waals surface area (Å²) in [6.07, 6.45) is 2.11. The lowest BCUT2D eigenvalue weighted by Crippen LogP contribution is -2.31. The monoisotopic (exact) mass is 259 g/mol. The van der Waals surface area contributed by atoms with Crippen LogP contribution in [0.1, 0.15) is 20.3 Å². The fraction of sp³-hybridized carbons (Fsp3) is 0.357. The Kier molecular flexibility index (Phi) is 3.94. The maximum Gasteiger partial charge on any atom is 0.326 e. The van der Waals surface area contributed by atoms with Crippen LogP contribution >= 0.6 is 0 Å². The molecule has 0 bridgehead atoms. The van der Waals surface area contributed by atoms with Crippen LogP contribution in [-0.2, 0) is 4.79 Å². The number of aromatic nitrogens is 2. The molecule has 2 N–H and O–H groups in total. The Morgan fingerprint density at radius 1 is 1.32 bits per heavy atom. The van der Waals surface area contributed by atoms with Crippen LogP contribution in [0.15, 0.2) is 30.5 Å². The molecule has 1 atom stereocenters. The van der Waals surface area contributed by atoms with Gasteiger partial charge in [-0.25, -0.2) is 9.78 Å². The van der Waals surface area contributed by atoms with Crippen molar-refractivity contribution in [3.8, 4) is 0 Å². The van der Waals surface area contributed by atoms with Gasteiger partial charge in [0.15, 0.2) is 0 Å². The Morgan fingerprint density at radius 2 is 2.00 bits per heavy atom. The van der Waals surface area contributed by atoms with Crippen LogP contribution in [0.3, 0.4) is 0 Å². The lowest BCUT2D eigenvalue weighted by Gasteiger charge is -2.16. The van der Waals surface area contributed by atoms with Gasteiger partial charge < -0.3 is 10.4 Å².